The third kappa shape index (κ3) is 3.25. The summed E-state index contributed by atoms with van der Waals surface area (Å²) in [6, 6.07) is 5.31. The molecule has 0 bridgehead atoms. The van der Waals surface area contributed by atoms with Crippen molar-refractivity contribution in [2.75, 3.05) is 26.8 Å². The van der Waals surface area contributed by atoms with Crippen molar-refractivity contribution in [1.82, 2.24) is 4.90 Å². The number of amidine groups is 1. The summed E-state index contributed by atoms with van der Waals surface area (Å²) in [5.41, 5.74) is 7.03. The van der Waals surface area contributed by atoms with Gasteiger partial charge in [0.05, 0.1) is 20.3 Å². The zero-order valence-corrected chi connectivity index (χ0v) is 12.1. The third-order valence-electron chi connectivity index (χ3n) is 3.45. The van der Waals surface area contributed by atoms with Crippen molar-refractivity contribution >= 4 is 11.7 Å². The van der Waals surface area contributed by atoms with Gasteiger partial charge in [-0.1, -0.05) is 11.2 Å². The van der Waals surface area contributed by atoms with Crippen LogP contribution in [0.4, 0.5) is 0 Å². The van der Waals surface area contributed by atoms with Gasteiger partial charge in [0.15, 0.2) is 5.84 Å². The average molecular weight is 293 g/mol. The Morgan fingerprint density at radius 1 is 1.57 bits per heavy atom. The van der Waals surface area contributed by atoms with Gasteiger partial charge in [0, 0.05) is 12.1 Å². The zero-order valence-electron chi connectivity index (χ0n) is 12.1. The van der Waals surface area contributed by atoms with E-state index in [1.54, 1.807) is 24.1 Å². The summed E-state index contributed by atoms with van der Waals surface area (Å²) in [4.78, 5) is 14.1. The van der Waals surface area contributed by atoms with Gasteiger partial charge in [-0.05, 0) is 24.6 Å². The number of hydrogen-bond acceptors (Lipinski definition) is 5. The van der Waals surface area contributed by atoms with E-state index < -0.39 is 6.10 Å². The van der Waals surface area contributed by atoms with Crippen molar-refractivity contribution in [3.8, 4) is 5.75 Å². The van der Waals surface area contributed by atoms with Crippen LogP contribution in [0.15, 0.2) is 23.4 Å². The standard InChI is InChI=1S/C14H19N3O4/c1-9-3-4-10(7-11(9)20-2)14(18)17-5-6-21-12(8-17)13(15)16-19/h3-4,7,12,19H,5-6,8H2,1-2H3,(H2,15,16). The molecule has 21 heavy (non-hydrogen) atoms. The number of morpholine rings is 1. The minimum Gasteiger partial charge on any atom is -0.496 e. The second kappa shape index (κ2) is 6.45. The molecule has 3 N–H and O–H groups in total. The second-order valence-electron chi connectivity index (χ2n) is 4.82. The fourth-order valence-corrected chi connectivity index (χ4v) is 2.21. The molecule has 0 aliphatic carbocycles. The lowest BCUT2D eigenvalue weighted by Crippen LogP contribution is -2.50. The van der Waals surface area contributed by atoms with Crippen LogP contribution in [0.2, 0.25) is 0 Å². The minimum atomic E-state index is -0.583. The van der Waals surface area contributed by atoms with E-state index in [0.29, 0.717) is 24.5 Å². The van der Waals surface area contributed by atoms with Crippen LogP contribution in [0.3, 0.4) is 0 Å². The Bertz CT molecular complexity index is 559. The number of hydrogen-bond donors (Lipinski definition) is 2. The Balaban J connectivity index is 2.16. The van der Waals surface area contributed by atoms with E-state index in [1.807, 2.05) is 13.0 Å². The van der Waals surface area contributed by atoms with Gasteiger partial charge in [-0.2, -0.15) is 0 Å². The topological polar surface area (TPSA) is 97.4 Å². The summed E-state index contributed by atoms with van der Waals surface area (Å²) in [5, 5.41) is 11.6. The summed E-state index contributed by atoms with van der Waals surface area (Å²) >= 11 is 0. The molecule has 1 aromatic rings. The predicted octanol–water partition coefficient (Wildman–Crippen LogP) is 0.591. The number of oxime groups is 1. The molecule has 114 valence electrons. The van der Waals surface area contributed by atoms with Crippen LogP contribution in [-0.4, -0.2) is 54.8 Å². The van der Waals surface area contributed by atoms with Gasteiger partial charge in [-0.25, -0.2) is 0 Å². The molecule has 1 saturated heterocycles. The highest BCUT2D eigenvalue weighted by Crippen LogP contribution is 2.20. The predicted molar refractivity (Wildman–Crippen MR) is 76.8 cm³/mol. The number of ether oxygens (including phenoxy) is 2. The molecule has 1 heterocycles. The molecule has 2 rings (SSSR count). The molecule has 0 spiro atoms. The highest BCUT2D eigenvalue weighted by atomic mass is 16.5. The van der Waals surface area contributed by atoms with Crippen molar-refractivity contribution in [1.29, 1.82) is 0 Å². The van der Waals surface area contributed by atoms with E-state index in [-0.39, 0.29) is 18.3 Å². The normalized spacial score (nSPS) is 19.4. The maximum Gasteiger partial charge on any atom is 0.254 e. The van der Waals surface area contributed by atoms with E-state index >= 15 is 0 Å². The molecule has 1 aliphatic rings. The molecular weight excluding hydrogens is 274 g/mol. The number of carbonyl (C=O) groups is 1. The lowest BCUT2D eigenvalue weighted by atomic mass is 10.1. The smallest absolute Gasteiger partial charge is 0.254 e. The van der Waals surface area contributed by atoms with Gasteiger partial charge < -0.3 is 25.3 Å². The van der Waals surface area contributed by atoms with Crippen LogP contribution in [0.5, 0.6) is 5.75 Å². The van der Waals surface area contributed by atoms with Gasteiger partial charge in [-0.3, -0.25) is 4.79 Å². The number of nitrogens with zero attached hydrogens (tertiary/aromatic N) is 2. The van der Waals surface area contributed by atoms with Crippen molar-refractivity contribution in [2.45, 2.75) is 13.0 Å². The molecule has 1 aliphatic heterocycles. The first-order valence-corrected chi connectivity index (χ1v) is 6.59. The van der Waals surface area contributed by atoms with Crippen molar-refractivity contribution in [3.63, 3.8) is 0 Å². The Labute approximate surface area is 122 Å². The highest BCUT2D eigenvalue weighted by molar-refractivity contribution is 5.95. The van der Waals surface area contributed by atoms with Crippen molar-refractivity contribution in [3.05, 3.63) is 29.3 Å². The molecule has 7 nitrogen and oxygen atoms in total. The number of aryl methyl sites for hydroxylation is 1. The van der Waals surface area contributed by atoms with E-state index in [9.17, 15) is 4.79 Å². The molecule has 1 aromatic carbocycles. The summed E-state index contributed by atoms with van der Waals surface area (Å²) in [5.74, 6) is 0.503. The maximum atomic E-state index is 12.5. The molecular formula is C14H19N3O4. The van der Waals surface area contributed by atoms with Crippen LogP contribution < -0.4 is 10.5 Å². The maximum absolute atomic E-state index is 12.5. The number of amides is 1. The van der Waals surface area contributed by atoms with Crippen molar-refractivity contribution < 1.29 is 19.5 Å². The minimum absolute atomic E-state index is 0.0333. The first kappa shape index (κ1) is 15.1. The summed E-state index contributed by atoms with van der Waals surface area (Å²) in [7, 11) is 1.57. The number of nitrogens with two attached hydrogens (primary N) is 1. The van der Waals surface area contributed by atoms with E-state index in [4.69, 9.17) is 20.4 Å². The molecule has 0 radical (unpaired) electrons. The lowest BCUT2D eigenvalue weighted by Gasteiger charge is -2.32. The fourth-order valence-electron chi connectivity index (χ4n) is 2.21. The van der Waals surface area contributed by atoms with Crippen molar-refractivity contribution in [2.24, 2.45) is 10.9 Å². The van der Waals surface area contributed by atoms with Gasteiger partial charge in [-0.15, -0.1) is 0 Å². The zero-order chi connectivity index (χ0) is 15.4. The van der Waals surface area contributed by atoms with Crippen LogP contribution in [0.1, 0.15) is 15.9 Å². The Kier molecular flexibility index (Phi) is 4.64. The first-order valence-electron chi connectivity index (χ1n) is 6.59. The summed E-state index contributed by atoms with van der Waals surface area (Å²) in [6.07, 6.45) is -0.583. The number of benzene rings is 1. The second-order valence-corrected chi connectivity index (χ2v) is 4.82. The molecule has 1 unspecified atom stereocenters. The summed E-state index contributed by atoms with van der Waals surface area (Å²) in [6.45, 7) is 2.97. The largest absolute Gasteiger partial charge is 0.496 e. The van der Waals surface area contributed by atoms with Gasteiger partial charge >= 0.3 is 0 Å². The monoisotopic (exact) mass is 293 g/mol. The number of rotatable bonds is 3. The van der Waals surface area contributed by atoms with Gasteiger partial charge in [0.1, 0.15) is 11.9 Å². The van der Waals surface area contributed by atoms with Crippen LogP contribution in [0, 0.1) is 6.92 Å². The Hall–Kier alpha value is -2.28. The molecule has 0 saturated carbocycles. The Morgan fingerprint density at radius 2 is 2.33 bits per heavy atom. The molecule has 1 fully saturated rings. The molecule has 7 heteroatoms. The number of carbonyl (C=O) groups excluding carboxylic acids is 1. The van der Waals surface area contributed by atoms with E-state index in [2.05, 4.69) is 5.16 Å². The average Bonchev–Trinajstić information content (AvgIpc) is 2.54. The summed E-state index contributed by atoms with van der Waals surface area (Å²) < 4.78 is 10.6. The molecule has 1 atom stereocenters. The van der Waals surface area contributed by atoms with Gasteiger partial charge in [0.25, 0.3) is 5.91 Å². The quantitative estimate of drug-likeness (QED) is 0.368. The number of methoxy groups -OCH3 is 1. The third-order valence-corrected chi connectivity index (χ3v) is 3.45. The van der Waals surface area contributed by atoms with Gasteiger partial charge in [0.2, 0.25) is 0 Å². The SMILES string of the molecule is COc1cc(C(=O)N2CCOC(C(N)=NO)C2)ccc1C. The fraction of sp³-hybridized carbons (Fsp3) is 0.429. The van der Waals surface area contributed by atoms with Crippen LogP contribution in [-0.2, 0) is 4.74 Å². The Morgan fingerprint density at radius 3 is 3.00 bits per heavy atom. The lowest BCUT2D eigenvalue weighted by molar-refractivity contribution is 0.00674. The molecule has 1 amide bonds. The van der Waals surface area contributed by atoms with Crippen LogP contribution in [0.25, 0.3) is 0 Å². The molecule has 0 aromatic heterocycles. The van der Waals surface area contributed by atoms with E-state index in [1.165, 1.54) is 0 Å². The first-order chi connectivity index (χ1) is 10.1. The van der Waals surface area contributed by atoms with E-state index in [0.717, 1.165) is 5.56 Å². The van der Waals surface area contributed by atoms with Crippen LogP contribution >= 0.6 is 0 Å². The highest BCUT2D eigenvalue weighted by Gasteiger charge is 2.27.